The summed E-state index contributed by atoms with van der Waals surface area (Å²) in [5.74, 6) is 0. The van der Waals surface area contributed by atoms with E-state index >= 15 is 0 Å². The van der Waals surface area contributed by atoms with E-state index in [9.17, 15) is 0 Å². The van der Waals surface area contributed by atoms with Crippen LogP contribution in [-0.2, 0) is 0 Å². The van der Waals surface area contributed by atoms with Crippen molar-refractivity contribution in [3.8, 4) is 0 Å². The van der Waals surface area contributed by atoms with E-state index in [4.69, 9.17) is 0 Å². The van der Waals surface area contributed by atoms with Crippen molar-refractivity contribution in [1.82, 2.24) is 0 Å². The highest BCUT2D eigenvalue weighted by Gasteiger charge is 2.44. The molecule has 0 fully saturated rings. The fourth-order valence-electron chi connectivity index (χ4n) is 4.31. The van der Waals surface area contributed by atoms with Crippen LogP contribution < -0.4 is 10.4 Å². The highest BCUT2D eigenvalue weighted by molar-refractivity contribution is 7.02. The lowest BCUT2D eigenvalue weighted by atomic mass is 10.1. The molecule has 0 radical (unpaired) electrons. The van der Waals surface area contributed by atoms with Crippen molar-refractivity contribution < 1.29 is 0 Å². The Morgan fingerprint density at radius 2 is 1.17 bits per heavy atom. The number of benzene rings is 3. The maximum Gasteiger partial charge on any atom is 0.126 e. The molecule has 3 aromatic carbocycles. The van der Waals surface area contributed by atoms with E-state index in [0.29, 0.717) is 5.54 Å². The van der Waals surface area contributed by atoms with Gasteiger partial charge < -0.3 is 0 Å². The number of hydrogen-bond donors (Lipinski definition) is 0. The summed E-state index contributed by atoms with van der Waals surface area (Å²) in [6.07, 6.45) is 2.39. The molecule has 0 saturated heterocycles. The second-order valence-corrected chi connectivity index (χ2v) is 11.0. The predicted octanol–water partition coefficient (Wildman–Crippen LogP) is 4.62. The van der Waals surface area contributed by atoms with E-state index < -0.39 is 8.07 Å². The van der Waals surface area contributed by atoms with Crippen LogP contribution in [0.25, 0.3) is 6.08 Å². The Labute approximate surface area is 145 Å². The Bertz CT molecular complexity index is 839. The third kappa shape index (κ3) is 2.28. The van der Waals surface area contributed by atoms with Gasteiger partial charge in [-0.15, -0.1) is 0 Å². The highest BCUT2D eigenvalue weighted by atomic mass is 28.3. The van der Waals surface area contributed by atoms with Crippen molar-refractivity contribution in [2.45, 2.75) is 19.0 Å². The summed E-state index contributed by atoms with van der Waals surface area (Å²) in [5, 5.41) is 3.01. The third-order valence-corrected chi connectivity index (χ3v) is 10.5. The van der Waals surface area contributed by atoms with E-state index in [2.05, 4.69) is 104 Å². The summed E-state index contributed by atoms with van der Waals surface area (Å²) < 4.78 is 0. The molecular weight excluding hydrogens is 304 g/mol. The molecule has 0 aromatic heterocycles. The zero-order valence-corrected chi connectivity index (χ0v) is 15.2. The average molecular weight is 327 g/mol. The van der Waals surface area contributed by atoms with Crippen LogP contribution in [0.15, 0.2) is 90.5 Å². The Balaban J connectivity index is 1.97. The van der Waals surface area contributed by atoms with Crippen molar-refractivity contribution >= 4 is 24.5 Å². The molecule has 24 heavy (non-hydrogen) atoms. The van der Waals surface area contributed by atoms with Gasteiger partial charge in [-0.25, -0.2) is 0 Å². The van der Waals surface area contributed by atoms with Gasteiger partial charge >= 0.3 is 0 Å². The van der Waals surface area contributed by atoms with Crippen LogP contribution in [0.2, 0.25) is 6.55 Å². The molecular formula is C23H22Si. The van der Waals surface area contributed by atoms with E-state index in [0.717, 1.165) is 0 Å². The van der Waals surface area contributed by atoms with Crippen molar-refractivity contribution in [1.29, 1.82) is 0 Å². The summed E-state index contributed by atoms with van der Waals surface area (Å²) in [4.78, 5) is 0. The molecule has 0 bridgehead atoms. The molecule has 1 aliphatic carbocycles. The van der Waals surface area contributed by atoms with Crippen LogP contribution >= 0.6 is 0 Å². The average Bonchev–Trinajstić information content (AvgIpc) is 2.99. The van der Waals surface area contributed by atoms with Gasteiger partial charge in [0.1, 0.15) is 8.07 Å². The molecule has 0 saturated carbocycles. The number of rotatable bonds is 3. The van der Waals surface area contributed by atoms with Crippen molar-refractivity contribution in [3.63, 3.8) is 0 Å². The largest absolute Gasteiger partial charge is 0.126 e. The first-order valence-electron chi connectivity index (χ1n) is 8.59. The highest BCUT2D eigenvalue weighted by Crippen LogP contribution is 2.41. The standard InChI is InChI=1S/C23H22Si/c1-18-17-19-11-9-10-16-22(19)23(18)24(2,20-12-5-3-6-13-20)21-14-7-4-8-15-21/h3-17,23H,1-2H3. The Kier molecular flexibility index (Phi) is 3.74. The van der Waals surface area contributed by atoms with E-state index in [-0.39, 0.29) is 0 Å². The van der Waals surface area contributed by atoms with Gasteiger partial charge in [0.05, 0.1) is 0 Å². The van der Waals surface area contributed by atoms with Crippen LogP contribution in [0.4, 0.5) is 0 Å². The number of fused-ring (bicyclic) bond motifs is 1. The van der Waals surface area contributed by atoms with Crippen LogP contribution in [0.3, 0.4) is 0 Å². The van der Waals surface area contributed by atoms with Crippen LogP contribution in [0, 0.1) is 0 Å². The quantitative estimate of drug-likeness (QED) is 0.616. The maximum absolute atomic E-state index is 2.53. The first kappa shape index (κ1) is 15.2. The zero-order valence-electron chi connectivity index (χ0n) is 14.2. The Morgan fingerprint density at radius 1 is 0.667 bits per heavy atom. The third-order valence-electron chi connectivity index (χ3n) is 5.47. The van der Waals surface area contributed by atoms with Gasteiger partial charge in [-0.3, -0.25) is 0 Å². The minimum absolute atomic E-state index is 0.499. The van der Waals surface area contributed by atoms with Gasteiger partial charge in [0.15, 0.2) is 0 Å². The second-order valence-electron chi connectivity index (χ2n) is 6.88. The molecule has 0 spiro atoms. The molecule has 118 valence electrons. The van der Waals surface area contributed by atoms with Crippen molar-refractivity contribution in [2.75, 3.05) is 0 Å². The first-order chi connectivity index (χ1) is 11.7. The lowest BCUT2D eigenvalue weighted by Crippen LogP contribution is -2.60. The summed E-state index contributed by atoms with van der Waals surface area (Å²) in [5.41, 5.74) is 4.89. The molecule has 1 heteroatoms. The van der Waals surface area contributed by atoms with Crippen LogP contribution in [0.5, 0.6) is 0 Å². The SMILES string of the molecule is CC1=Cc2ccccc2C1[Si](C)(c1ccccc1)c1ccccc1. The van der Waals surface area contributed by atoms with Gasteiger partial charge in [0.25, 0.3) is 0 Å². The normalized spacial score (nSPS) is 16.6. The van der Waals surface area contributed by atoms with Gasteiger partial charge in [0, 0.05) is 5.54 Å². The second kappa shape index (κ2) is 5.92. The molecule has 0 N–H and O–H groups in total. The molecule has 1 atom stereocenters. The predicted molar refractivity (Wildman–Crippen MR) is 107 cm³/mol. The number of allylic oxidation sites excluding steroid dienone is 1. The van der Waals surface area contributed by atoms with E-state index in [1.165, 1.54) is 27.1 Å². The van der Waals surface area contributed by atoms with Gasteiger partial charge in [-0.1, -0.05) is 113 Å². The summed E-state index contributed by atoms with van der Waals surface area (Å²) in [7, 11) is -1.95. The zero-order chi connectivity index (χ0) is 16.6. The molecule has 0 nitrogen and oxygen atoms in total. The molecule has 0 amide bonds. The fraction of sp³-hybridized carbons (Fsp3) is 0.130. The van der Waals surface area contributed by atoms with Gasteiger partial charge in [-0.2, -0.15) is 0 Å². The lowest BCUT2D eigenvalue weighted by molar-refractivity contribution is 1.09. The monoisotopic (exact) mass is 326 g/mol. The van der Waals surface area contributed by atoms with Gasteiger partial charge in [0.2, 0.25) is 0 Å². The maximum atomic E-state index is 2.53. The Hall–Kier alpha value is -2.38. The molecule has 0 heterocycles. The molecule has 4 rings (SSSR count). The molecule has 1 aliphatic rings. The first-order valence-corrected chi connectivity index (χ1v) is 11.2. The van der Waals surface area contributed by atoms with E-state index in [1.54, 1.807) is 0 Å². The number of hydrogen-bond acceptors (Lipinski definition) is 0. The van der Waals surface area contributed by atoms with Crippen LogP contribution in [0.1, 0.15) is 23.6 Å². The van der Waals surface area contributed by atoms with E-state index in [1.807, 2.05) is 0 Å². The minimum Gasteiger partial charge on any atom is -0.0672 e. The Morgan fingerprint density at radius 3 is 1.75 bits per heavy atom. The smallest absolute Gasteiger partial charge is 0.0672 e. The van der Waals surface area contributed by atoms with Crippen LogP contribution in [-0.4, -0.2) is 8.07 Å². The summed E-state index contributed by atoms with van der Waals surface area (Å²) in [6, 6.07) is 31.2. The van der Waals surface area contributed by atoms with Crippen molar-refractivity contribution in [2.24, 2.45) is 0 Å². The topological polar surface area (TPSA) is 0 Å². The minimum atomic E-state index is -1.95. The molecule has 0 aliphatic heterocycles. The van der Waals surface area contributed by atoms with Crippen molar-refractivity contribution in [3.05, 3.63) is 102 Å². The fourth-order valence-corrected chi connectivity index (χ4v) is 8.96. The summed E-state index contributed by atoms with van der Waals surface area (Å²) >= 11 is 0. The summed E-state index contributed by atoms with van der Waals surface area (Å²) in [6.45, 7) is 4.84. The molecule has 1 unspecified atom stereocenters. The van der Waals surface area contributed by atoms with Gasteiger partial charge in [-0.05, 0) is 18.1 Å². The lowest BCUT2D eigenvalue weighted by Gasteiger charge is -2.36. The molecule has 3 aromatic rings.